The van der Waals surface area contributed by atoms with Crippen LogP contribution in [-0.2, 0) is 14.4 Å². The van der Waals surface area contributed by atoms with Crippen molar-refractivity contribution >= 4 is 28.6 Å². The molecule has 7 nitrogen and oxygen atoms in total. The molecule has 154 valence electrons. The largest absolute Gasteiger partial charge is 0.484 e. The Morgan fingerprint density at radius 3 is 2.59 bits per heavy atom. The van der Waals surface area contributed by atoms with Gasteiger partial charge in [0.15, 0.2) is 6.61 Å². The smallest absolute Gasteiger partial charge is 0.323 e. The quantitative estimate of drug-likeness (QED) is 0.808. The minimum Gasteiger partial charge on any atom is -0.484 e. The number of nitrogens with zero attached hydrogens (tertiary/aromatic N) is 2. The van der Waals surface area contributed by atoms with Gasteiger partial charge in [-0.15, -0.1) is 0 Å². The van der Waals surface area contributed by atoms with E-state index in [9.17, 15) is 14.4 Å². The van der Waals surface area contributed by atoms with Gasteiger partial charge < -0.3 is 19.6 Å². The average Bonchev–Trinajstić information content (AvgIpc) is 2.96. The summed E-state index contributed by atoms with van der Waals surface area (Å²) in [6, 6.07) is 13.5. The summed E-state index contributed by atoms with van der Waals surface area (Å²) in [7, 11) is 0. The van der Waals surface area contributed by atoms with Crippen LogP contribution in [0.25, 0.3) is 10.8 Å². The second-order valence-corrected chi connectivity index (χ2v) is 7.30. The fraction of sp³-hybridized carbons (Fsp3) is 0.409. The SMILES string of the molecule is CC(=O)N(CC(=O)O)C1CCCN(C(=O)COc2ccc3ccccc3c2)CC1. The van der Waals surface area contributed by atoms with Crippen molar-refractivity contribution in [3.63, 3.8) is 0 Å². The molecule has 1 unspecified atom stereocenters. The number of hydrogen-bond acceptors (Lipinski definition) is 4. The standard InChI is InChI=1S/C22H26N2O5/c1-16(25)24(14-22(27)28)19-7-4-11-23(12-10-19)21(26)15-29-20-9-8-17-5-2-3-6-18(17)13-20/h2-3,5-6,8-9,13,19H,4,7,10-12,14-15H2,1H3,(H,27,28). The molecule has 0 aliphatic carbocycles. The maximum atomic E-state index is 12.6. The van der Waals surface area contributed by atoms with E-state index in [1.54, 1.807) is 4.90 Å². The van der Waals surface area contributed by atoms with Crippen LogP contribution in [0.5, 0.6) is 5.75 Å². The molecule has 1 heterocycles. The Bertz CT molecular complexity index is 898. The zero-order valence-corrected chi connectivity index (χ0v) is 16.5. The van der Waals surface area contributed by atoms with Gasteiger partial charge in [0.25, 0.3) is 5.91 Å². The first-order valence-corrected chi connectivity index (χ1v) is 9.82. The molecule has 0 bridgehead atoms. The number of carboxylic acid groups (broad SMARTS) is 1. The first-order valence-electron chi connectivity index (χ1n) is 9.82. The first kappa shape index (κ1) is 20.6. The van der Waals surface area contributed by atoms with Crippen LogP contribution in [0.3, 0.4) is 0 Å². The van der Waals surface area contributed by atoms with E-state index in [1.165, 1.54) is 11.8 Å². The Morgan fingerprint density at radius 2 is 1.86 bits per heavy atom. The summed E-state index contributed by atoms with van der Waals surface area (Å²) in [6.07, 6.45) is 1.96. The molecule has 0 spiro atoms. The van der Waals surface area contributed by atoms with Crippen LogP contribution in [-0.4, -0.2) is 65.0 Å². The predicted molar refractivity (Wildman–Crippen MR) is 109 cm³/mol. The van der Waals surface area contributed by atoms with E-state index in [0.717, 1.165) is 17.2 Å². The van der Waals surface area contributed by atoms with E-state index in [4.69, 9.17) is 9.84 Å². The van der Waals surface area contributed by atoms with Crippen molar-refractivity contribution in [2.24, 2.45) is 0 Å². The molecule has 0 saturated carbocycles. The van der Waals surface area contributed by atoms with Gasteiger partial charge in [-0.2, -0.15) is 0 Å². The predicted octanol–water partition coefficient (Wildman–Crippen LogP) is 2.53. The molecule has 1 N–H and O–H groups in total. The minimum absolute atomic E-state index is 0.0471. The lowest BCUT2D eigenvalue weighted by Crippen LogP contribution is -2.43. The number of benzene rings is 2. The van der Waals surface area contributed by atoms with Gasteiger partial charge in [0, 0.05) is 26.1 Å². The maximum absolute atomic E-state index is 12.6. The van der Waals surface area contributed by atoms with Crippen LogP contribution in [0.2, 0.25) is 0 Å². The van der Waals surface area contributed by atoms with Gasteiger partial charge in [-0.25, -0.2) is 0 Å². The van der Waals surface area contributed by atoms with E-state index in [1.807, 2.05) is 42.5 Å². The lowest BCUT2D eigenvalue weighted by molar-refractivity contribution is -0.145. The highest BCUT2D eigenvalue weighted by molar-refractivity contribution is 5.84. The molecule has 1 fully saturated rings. The second kappa shape index (κ2) is 9.41. The van der Waals surface area contributed by atoms with Crippen molar-refractivity contribution in [2.45, 2.75) is 32.2 Å². The van der Waals surface area contributed by atoms with Crippen molar-refractivity contribution < 1.29 is 24.2 Å². The highest BCUT2D eigenvalue weighted by Gasteiger charge is 2.27. The van der Waals surface area contributed by atoms with Crippen molar-refractivity contribution in [2.75, 3.05) is 26.2 Å². The van der Waals surface area contributed by atoms with Crippen LogP contribution in [0.15, 0.2) is 42.5 Å². The number of aliphatic carboxylic acids is 1. The van der Waals surface area contributed by atoms with Crippen molar-refractivity contribution in [3.05, 3.63) is 42.5 Å². The third-order valence-corrected chi connectivity index (χ3v) is 5.28. The number of rotatable bonds is 6. The Hall–Kier alpha value is -3.09. The molecule has 7 heteroatoms. The van der Waals surface area contributed by atoms with Crippen LogP contribution in [0, 0.1) is 0 Å². The lowest BCUT2D eigenvalue weighted by Gasteiger charge is -2.28. The molecule has 3 rings (SSSR count). The molecule has 29 heavy (non-hydrogen) atoms. The molecule has 0 radical (unpaired) electrons. The highest BCUT2D eigenvalue weighted by atomic mass is 16.5. The number of amides is 2. The summed E-state index contributed by atoms with van der Waals surface area (Å²) in [4.78, 5) is 38.6. The van der Waals surface area contributed by atoms with Gasteiger partial charge in [-0.1, -0.05) is 30.3 Å². The van der Waals surface area contributed by atoms with Crippen molar-refractivity contribution in [1.82, 2.24) is 9.80 Å². The van der Waals surface area contributed by atoms with E-state index >= 15 is 0 Å². The minimum atomic E-state index is -1.03. The normalized spacial score (nSPS) is 16.9. The van der Waals surface area contributed by atoms with Gasteiger partial charge in [-0.05, 0) is 42.2 Å². The van der Waals surface area contributed by atoms with Crippen molar-refractivity contribution in [1.29, 1.82) is 0 Å². The number of ether oxygens (including phenoxy) is 1. The molecule has 2 amide bonds. The van der Waals surface area contributed by atoms with Crippen LogP contribution >= 0.6 is 0 Å². The molecule has 2 aromatic rings. The highest BCUT2D eigenvalue weighted by Crippen LogP contribution is 2.21. The van der Waals surface area contributed by atoms with Crippen molar-refractivity contribution in [3.8, 4) is 5.75 Å². The van der Waals surface area contributed by atoms with Gasteiger partial charge >= 0.3 is 5.97 Å². The summed E-state index contributed by atoms with van der Waals surface area (Å²) in [6.45, 7) is 2.09. The van der Waals surface area contributed by atoms with Crippen LogP contribution < -0.4 is 4.74 Å². The second-order valence-electron chi connectivity index (χ2n) is 7.30. The molecular formula is C22H26N2O5. The lowest BCUT2D eigenvalue weighted by atomic mass is 10.1. The Kier molecular flexibility index (Phi) is 6.69. The molecule has 1 saturated heterocycles. The zero-order valence-electron chi connectivity index (χ0n) is 16.5. The molecule has 1 aliphatic rings. The van der Waals surface area contributed by atoms with Gasteiger partial charge in [0.1, 0.15) is 12.3 Å². The van der Waals surface area contributed by atoms with Crippen LogP contribution in [0.1, 0.15) is 26.2 Å². The Morgan fingerprint density at radius 1 is 1.10 bits per heavy atom. The Labute approximate surface area is 169 Å². The van der Waals surface area contributed by atoms with Gasteiger partial charge in [0.2, 0.25) is 5.91 Å². The number of hydrogen-bond donors (Lipinski definition) is 1. The third-order valence-electron chi connectivity index (χ3n) is 5.28. The molecule has 1 atom stereocenters. The van der Waals surface area contributed by atoms with Crippen LogP contribution in [0.4, 0.5) is 0 Å². The number of fused-ring (bicyclic) bond motifs is 1. The number of likely N-dealkylation sites (tertiary alicyclic amines) is 1. The molecule has 2 aromatic carbocycles. The fourth-order valence-corrected chi connectivity index (χ4v) is 3.78. The number of carbonyl (C=O) groups is 3. The van der Waals surface area contributed by atoms with E-state index in [2.05, 4.69) is 0 Å². The third kappa shape index (κ3) is 5.47. The molecule has 0 aromatic heterocycles. The summed E-state index contributed by atoms with van der Waals surface area (Å²) < 4.78 is 5.70. The molecular weight excluding hydrogens is 372 g/mol. The topological polar surface area (TPSA) is 87.2 Å². The van der Waals surface area contributed by atoms with E-state index < -0.39 is 5.97 Å². The monoisotopic (exact) mass is 398 g/mol. The average molecular weight is 398 g/mol. The summed E-state index contributed by atoms with van der Waals surface area (Å²) >= 11 is 0. The summed E-state index contributed by atoms with van der Waals surface area (Å²) in [5.41, 5.74) is 0. The number of carboxylic acids is 1. The summed E-state index contributed by atoms with van der Waals surface area (Å²) in [5, 5.41) is 11.2. The first-order chi connectivity index (χ1) is 13.9. The summed E-state index contributed by atoms with van der Waals surface area (Å²) in [5.74, 6) is -0.738. The fourth-order valence-electron chi connectivity index (χ4n) is 3.78. The Balaban J connectivity index is 1.55. The van der Waals surface area contributed by atoms with E-state index in [-0.39, 0.29) is 31.0 Å². The van der Waals surface area contributed by atoms with Gasteiger partial charge in [0.05, 0.1) is 0 Å². The zero-order chi connectivity index (χ0) is 20.8. The van der Waals surface area contributed by atoms with Gasteiger partial charge in [-0.3, -0.25) is 14.4 Å². The van der Waals surface area contributed by atoms with E-state index in [0.29, 0.717) is 31.7 Å². The molecule has 1 aliphatic heterocycles. The number of carbonyl (C=O) groups excluding carboxylic acids is 2. The maximum Gasteiger partial charge on any atom is 0.323 e.